The third-order valence-corrected chi connectivity index (χ3v) is 6.84. The number of hydrogen-bond acceptors (Lipinski definition) is 7. The van der Waals surface area contributed by atoms with Gasteiger partial charge in [0, 0.05) is 17.1 Å². The molecule has 3 aromatic carbocycles. The molecule has 0 radical (unpaired) electrons. The van der Waals surface area contributed by atoms with Crippen LogP contribution in [0.5, 0.6) is 11.5 Å². The maximum absolute atomic E-state index is 12.2. The highest BCUT2D eigenvalue weighted by molar-refractivity contribution is 5.90. The number of carbonyl (C=O) groups is 2. The molecule has 0 aromatic heterocycles. The van der Waals surface area contributed by atoms with Crippen molar-refractivity contribution >= 4 is 11.9 Å². The van der Waals surface area contributed by atoms with E-state index in [-0.39, 0.29) is 5.57 Å². The standard InChI is InChI=1S/C34H36O7/c1-5-6-7-24-20-38-34(39-21-24)31-18-29(41-32(36)22(2)3)16-17-30(31)27-10-8-25(9-11-27)26-12-14-28(15-13-26)40-33(37)23(4)19-35/h8-18,24,34-35H,2,4-7,19-21H2,1,3H3. The van der Waals surface area contributed by atoms with Crippen molar-refractivity contribution in [2.24, 2.45) is 5.92 Å². The van der Waals surface area contributed by atoms with Gasteiger partial charge < -0.3 is 24.1 Å². The summed E-state index contributed by atoms with van der Waals surface area (Å²) in [7, 11) is 0. The molecule has 1 fully saturated rings. The molecule has 0 aliphatic carbocycles. The molecule has 214 valence electrons. The monoisotopic (exact) mass is 556 g/mol. The Morgan fingerprint density at radius 2 is 1.41 bits per heavy atom. The Balaban J connectivity index is 1.56. The largest absolute Gasteiger partial charge is 0.423 e. The molecule has 1 N–H and O–H groups in total. The SMILES string of the molecule is C=C(C)C(=O)Oc1ccc(-c2ccc(-c3ccc(OC(=O)C(=C)CO)cc3)cc2)c(C2OCC(CCCC)CO2)c1. The average Bonchev–Trinajstić information content (AvgIpc) is 3.00. The van der Waals surface area contributed by atoms with Crippen LogP contribution in [0.25, 0.3) is 22.3 Å². The molecule has 0 bridgehead atoms. The zero-order valence-corrected chi connectivity index (χ0v) is 23.6. The number of hydrogen-bond donors (Lipinski definition) is 1. The van der Waals surface area contributed by atoms with Gasteiger partial charge >= 0.3 is 11.9 Å². The quantitative estimate of drug-likeness (QED) is 0.158. The molecule has 3 aromatic rings. The van der Waals surface area contributed by atoms with Crippen LogP contribution < -0.4 is 9.47 Å². The van der Waals surface area contributed by atoms with E-state index in [9.17, 15) is 9.59 Å². The summed E-state index contributed by atoms with van der Waals surface area (Å²) < 4.78 is 23.0. The van der Waals surface area contributed by atoms with E-state index in [1.807, 2.05) is 42.5 Å². The van der Waals surface area contributed by atoms with Crippen molar-refractivity contribution in [3.05, 3.63) is 96.6 Å². The van der Waals surface area contributed by atoms with E-state index in [2.05, 4.69) is 20.1 Å². The summed E-state index contributed by atoms with van der Waals surface area (Å²) in [5.41, 5.74) is 4.88. The van der Waals surface area contributed by atoms with Gasteiger partial charge in [-0.05, 0) is 59.9 Å². The lowest BCUT2D eigenvalue weighted by molar-refractivity contribution is -0.205. The number of benzene rings is 3. The number of esters is 2. The van der Waals surface area contributed by atoms with Crippen molar-refractivity contribution in [1.29, 1.82) is 0 Å². The van der Waals surface area contributed by atoms with E-state index < -0.39 is 24.8 Å². The van der Waals surface area contributed by atoms with Gasteiger partial charge in [-0.25, -0.2) is 9.59 Å². The molecule has 7 nitrogen and oxygen atoms in total. The van der Waals surface area contributed by atoms with Gasteiger partial charge in [0.1, 0.15) is 11.5 Å². The Bertz CT molecular complexity index is 1380. The molecule has 0 spiro atoms. The highest BCUT2D eigenvalue weighted by Crippen LogP contribution is 2.37. The Morgan fingerprint density at radius 1 is 0.854 bits per heavy atom. The Hall–Kier alpha value is -4.04. The van der Waals surface area contributed by atoms with Gasteiger partial charge in [-0.3, -0.25) is 0 Å². The van der Waals surface area contributed by atoms with Crippen LogP contribution in [-0.2, 0) is 19.1 Å². The second-order valence-electron chi connectivity index (χ2n) is 10.2. The van der Waals surface area contributed by atoms with E-state index >= 15 is 0 Å². The van der Waals surface area contributed by atoms with Gasteiger partial charge in [0.25, 0.3) is 0 Å². The molecule has 1 aliphatic heterocycles. The molecular formula is C34H36O7. The summed E-state index contributed by atoms with van der Waals surface area (Å²) in [4.78, 5) is 24.0. The first kappa shape index (κ1) is 29.9. The highest BCUT2D eigenvalue weighted by Gasteiger charge is 2.26. The zero-order chi connectivity index (χ0) is 29.4. The topological polar surface area (TPSA) is 91.3 Å². The normalized spacial score (nSPS) is 16.6. The summed E-state index contributed by atoms with van der Waals surface area (Å²) in [6, 6.07) is 20.6. The van der Waals surface area contributed by atoms with Crippen LogP contribution in [0, 0.1) is 5.92 Å². The average molecular weight is 557 g/mol. The fourth-order valence-electron chi connectivity index (χ4n) is 4.44. The van der Waals surface area contributed by atoms with Crippen molar-refractivity contribution in [3.63, 3.8) is 0 Å². The molecule has 0 saturated carbocycles. The van der Waals surface area contributed by atoms with Crippen LogP contribution in [-0.4, -0.2) is 36.9 Å². The molecule has 41 heavy (non-hydrogen) atoms. The van der Waals surface area contributed by atoms with Crippen LogP contribution in [0.15, 0.2) is 91.0 Å². The van der Waals surface area contributed by atoms with E-state index in [4.69, 9.17) is 24.1 Å². The Labute approximate surface area is 241 Å². The first-order valence-electron chi connectivity index (χ1n) is 13.8. The first-order chi connectivity index (χ1) is 19.8. The molecule has 1 aliphatic rings. The Kier molecular flexibility index (Phi) is 10.2. The number of unbranched alkanes of at least 4 members (excludes halogenated alkanes) is 1. The molecule has 7 heteroatoms. The fourth-order valence-corrected chi connectivity index (χ4v) is 4.44. The van der Waals surface area contributed by atoms with Gasteiger partial charge in [0.05, 0.1) is 25.4 Å². The lowest BCUT2D eigenvalue weighted by Gasteiger charge is -2.31. The molecule has 0 atom stereocenters. The number of aliphatic hydroxyl groups is 1. The van der Waals surface area contributed by atoms with Gasteiger partial charge in [0.15, 0.2) is 6.29 Å². The first-order valence-corrected chi connectivity index (χ1v) is 13.8. The summed E-state index contributed by atoms with van der Waals surface area (Å²) in [5.74, 6) is -0.0224. The predicted octanol–water partition coefficient (Wildman–Crippen LogP) is 6.81. The zero-order valence-electron chi connectivity index (χ0n) is 23.6. The second-order valence-corrected chi connectivity index (χ2v) is 10.2. The third kappa shape index (κ3) is 7.79. The number of carbonyl (C=O) groups excluding carboxylic acids is 2. The number of aliphatic hydroxyl groups excluding tert-OH is 1. The molecule has 0 unspecified atom stereocenters. The fraction of sp³-hybridized carbons (Fsp3) is 0.294. The summed E-state index contributed by atoms with van der Waals surface area (Å²) in [5, 5.41) is 9.04. The molecule has 4 rings (SSSR count). The van der Waals surface area contributed by atoms with E-state index in [0.717, 1.165) is 47.1 Å². The van der Waals surface area contributed by atoms with E-state index in [1.54, 1.807) is 31.2 Å². The second kappa shape index (κ2) is 14.0. The smallest absolute Gasteiger partial charge is 0.341 e. The van der Waals surface area contributed by atoms with E-state index in [0.29, 0.717) is 36.2 Å². The van der Waals surface area contributed by atoms with Crippen LogP contribution >= 0.6 is 0 Å². The van der Waals surface area contributed by atoms with Crippen molar-refractivity contribution in [3.8, 4) is 33.8 Å². The summed E-state index contributed by atoms with van der Waals surface area (Å²) in [6.45, 7) is 11.7. The lowest BCUT2D eigenvalue weighted by Crippen LogP contribution is -2.27. The maximum atomic E-state index is 12.2. The van der Waals surface area contributed by atoms with Crippen molar-refractivity contribution < 1.29 is 33.6 Å². The van der Waals surface area contributed by atoms with Gasteiger partial charge in [0.2, 0.25) is 0 Å². The van der Waals surface area contributed by atoms with Crippen molar-refractivity contribution in [1.82, 2.24) is 0 Å². The van der Waals surface area contributed by atoms with Crippen molar-refractivity contribution in [2.75, 3.05) is 19.8 Å². The molecule has 0 amide bonds. The maximum Gasteiger partial charge on any atom is 0.341 e. The number of rotatable bonds is 11. The van der Waals surface area contributed by atoms with Gasteiger partial charge in [-0.15, -0.1) is 0 Å². The third-order valence-electron chi connectivity index (χ3n) is 6.84. The van der Waals surface area contributed by atoms with Crippen LogP contribution in [0.1, 0.15) is 45.0 Å². The van der Waals surface area contributed by atoms with Crippen molar-refractivity contribution in [2.45, 2.75) is 39.4 Å². The summed E-state index contributed by atoms with van der Waals surface area (Å²) >= 11 is 0. The van der Waals surface area contributed by atoms with Crippen LogP contribution in [0.2, 0.25) is 0 Å². The summed E-state index contributed by atoms with van der Waals surface area (Å²) in [6.07, 6.45) is 2.76. The minimum Gasteiger partial charge on any atom is -0.423 e. The van der Waals surface area contributed by atoms with Crippen LogP contribution in [0.3, 0.4) is 0 Å². The molecule has 1 heterocycles. The molecule has 1 saturated heterocycles. The van der Waals surface area contributed by atoms with Crippen LogP contribution in [0.4, 0.5) is 0 Å². The van der Waals surface area contributed by atoms with Gasteiger partial charge in [-0.2, -0.15) is 0 Å². The number of ether oxygens (including phenoxy) is 4. The van der Waals surface area contributed by atoms with E-state index in [1.165, 1.54) is 0 Å². The minimum atomic E-state index is -0.664. The lowest BCUT2D eigenvalue weighted by atomic mass is 9.95. The highest BCUT2D eigenvalue weighted by atomic mass is 16.7. The van der Waals surface area contributed by atoms with Gasteiger partial charge in [-0.1, -0.05) is 75.4 Å². The Morgan fingerprint density at radius 3 is 2.00 bits per heavy atom. The predicted molar refractivity (Wildman–Crippen MR) is 157 cm³/mol. The molecular weight excluding hydrogens is 520 g/mol. The minimum absolute atomic E-state index is 0.00798.